The molecule has 24 heavy (non-hydrogen) atoms. The van der Waals surface area contributed by atoms with Crippen LogP contribution < -0.4 is 11.1 Å². The van der Waals surface area contributed by atoms with E-state index < -0.39 is 11.7 Å². The summed E-state index contributed by atoms with van der Waals surface area (Å²) >= 11 is 6.13. The summed E-state index contributed by atoms with van der Waals surface area (Å²) in [5, 5.41) is 15.2. The number of anilines is 1. The van der Waals surface area contributed by atoms with Crippen LogP contribution in [0.15, 0.2) is 18.2 Å². The molecule has 9 heteroatoms. The molecule has 1 aromatic carbocycles. The van der Waals surface area contributed by atoms with Gasteiger partial charge >= 0.3 is 6.18 Å². The minimum atomic E-state index is -4.47. The van der Waals surface area contributed by atoms with Crippen LogP contribution in [0.25, 0.3) is 11.3 Å². The fourth-order valence-corrected chi connectivity index (χ4v) is 2.98. The predicted molar refractivity (Wildman–Crippen MR) is 86.4 cm³/mol. The van der Waals surface area contributed by atoms with Gasteiger partial charge in [0, 0.05) is 17.7 Å². The van der Waals surface area contributed by atoms with E-state index in [2.05, 4.69) is 10.4 Å². The maximum absolute atomic E-state index is 13.0. The molecule has 1 aliphatic rings. The third kappa shape index (κ3) is 2.93. The first kappa shape index (κ1) is 16.6. The molecule has 0 saturated carbocycles. The monoisotopic (exact) mass is 357 g/mol. The topological polar surface area (TPSA) is 79.7 Å². The summed E-state index contributed by atoms with van der Waals surface area (Å²) in [5.41, 5.74) is 5.99. The highest BCUT2D eigenvalue weighted by molar-refractivity contribution is 6.33. The molecule has 2 aromatic rings. The number of nitrogens with two attached hydrogens (primary N) is 1. The predicted octanol–water partition coefficient (Wildman–Crippen LogP) is 3.71. The number of alkyl halides is 3. The van der Waals surface area contributed by atoms with Gasteiger partial charge < -0.3 is 11.1 Å². The average Bonchev–Trinajstić information content (AvgIpc) is 2.69. The number of benzene rings is 1. The minimum Gasteiger partial charge on any atom is -0.370 e. The highest BCUT2D eigenvalue weighted by atomic mass is 35.5. The summed E-state index contributed by atoms with van der Waals surface area (Å²) in [6, 6.07) is 3.13. The first-order valence-electron chi connectivity index (χ1n) is 7.36. The van der Waals surface area contributed by atoms with Gasteiger partial charge in [-0.2, -0.15) is 23.0 Å². The zero-order valence-corrected chi connectivity index (χ0v) is 13.3. The van der Waals surface area contributed by atoms with Crippen molar-refractivity contribution in [2.75, 3.05) is 11.9 Å². The molecule has 5 nitrogen and oxygen atoms in total. The summed E-state index contributed by atoms with van der Waals surface area (Å²) in [4.78, 5) is 0. The number of hydrogen-bond acceptors (Lipinski definition) is 3. The maximum Gasteiger partial charge on any atom is 0.416 e. The molecule has 0 unspecified atom stereocenters. The molecule has 0 amide bonds. The Hall–Kier alpha value is -2.22. The highest BCUT2D eigenvalue weighted by Crippen LogP contribution is 2.39. The molecule has 1 aliphatic heterocycles. The SMILES string of the molecule is N=C(N)n1nc(-c2cc(C(F)(F)F)ccc2Cl)c2c1NCCCC2. The number of hydrogen-bond donors (Lipinski definition) is 3. The lowest BCUT2D eigenvalue weighted by Gasteiger charge is -2.10. The Bertz CT molecular complexity index is 797. The van der Waals surface area contributed by atoms with E-state index in [1.54, 1.807) is 0 Å². The third-order valence-corrected chi connectivity index (χ3v) is 4.24. The molecule has 0 fully saturated rings. The van der Waals surface area contributed by atoms with Crippen LogP contribution in [0.1, 0.15) is 24.0 Å². The van der Waals surface area contributed by atoms with Crippen molar-refractivity contribution in [3.05, 3.63) is 34.3 Å². The lowest BCUT2D eigenvalue weighted by molar-refractivity contribution is -0.137. The Balaban J connectivity index is 2.21. The van der Waals surface area contributed by atoms with Crippen molar-refractivity contribution < 1.29 is 13.2 Å². The Morgan fingerprint density at radius 2 is 2.08 bits per heavy atom. The number of rotatable bonds is 1. The minimum absolute atomic E-state index is 0.170. The van der Waals surface area contributed by atoms with E-state index in [4.69, 9.17) is 22.7 Å². The number of halogens is 4. The van der Waals surface area contributed by atoms with Crippen molar-refractivity contribution in [3.8, 4) is 11.3 Å². The van der Waals surface area contributed by atoms with Crippen molar-refractivity contribution in [3.63, 3.8) is 0 Å². The molecule has 2 heterocycles. The van der Waals surface area contributed by atoms with Gasteiger partial charge in [-0.05, 0) is 37.5 Å². The van der Waals surface area contributed by atoms with Gasteiger partial charge in [-0.15, -0.1) is 0 Å². The van der Waals surface area contributed by atoms with Gasteiger partial charge in [0.25, 0.3) is 0 Å². The van der Waals surface area contributed by atoms with Crippen molar-refractivity contribution in [1.29, 1.82) is 5.41 Å². The maximum atomic E-state index is 13.0. The van der Waals surface area contributed by atoms with Gasteiger partial charge in [-0.3, -0.25) is 5.41 Å². The summed E-state index contributed by atoms with van der Waals surface area (Å²) < 4.78 is 40.3. The van der Waals surface area contributed by atoms with Gasteiger partial charge in [0.05, 0.1) is 16.3 Å². The van der Waals surface area contributed by atoms with Gasteiger partial charge in [-0.1, -0.05) is 11.6 Å². The van der Waals surface area contributed by atoms with E-state index >= 15 is 0 Å². The van der Waals surface area contributed by atoms with E-state index in [0.29, 0.717) is 24.5 Å². The Morgan fingerprint density at radius 3 is 2.75 bits per heavy atom. The zero-order valence-electron chi connectivity index (χ0n) is 12.5. The van der Waals surface area contributed by atoms with Crippen molar-refractivity contribution >= 4 is 23.4 Å². The zero-order chi connectivity index (χ0) is 17.5. The van der Waals surface area contributed by atoms with Gasteiger partial charge in [0.1, 0.15) is 5.82 Å². The number of nitrogen functional groups attached to an aromatic ring is 1. The van der Waals surface area contributed by atoms with Gasteiger partial charge in [0.15, 0.2) is 0 Å². The van der Waals surface area contributed by atoms with Crippen LogP contribution >= 0.6 is 11.6 Å². The summed E-state index contributed by atoms with van der Waals surface area (Å²) in [7, 11) is 0. The average molecular weight is 358 g/mol. The lowest BCUT2D eigenvalue weighted by atomic mass is 10.0. The van der Waals surface area contributed by atoms with Crippen LogP contribution in [-0.2, 0) is 12.6 Å². The van der Waals surface area contributed by atoms with E-state index in [-0.39, 0.29) is 16.5 Å². The number of aromatic nitrogens is 2. The normalized spacial score (nSPS) is 14.7. The molecule has 0 bridgehead atoms. The molecule has 0 radical (unpaired) electrons. The number of nitrogens with one attached hydrogen (secondary N) is 2. The highest BCUT2D eigenvalue weighted by Gasteiger charge is 2.32. The molecule has 4 N–H and O–H groups in total. The van der Waals surface area contributed by atoms with Crippen molar-refractivity contribution in [1.82, 2.24) is 9.78 Å². The lowest BCUT2D eigenvalue weighted by Crippen LogP contribution is -2.24. The molecular formula is C15H15ClF3N5. The van der Waals surface area contributed by atoms with Crippen LogP contribution in [0.4, 0.5) is 19.0 Å². The second kappa shape index (κ2) is 6.01. The largest absolute Gasteiger partial charge is 0.416 e. The molecule has 3 rings (SSSR count). The standard InChI is InChI=1S/C15H15ClF3N5/c16-11-5-4-8(15(17,18)19)7-10(11)12-9-3-1-2-6-22-13(9)24(23-12)14(20)21/h4-5,7,22H,1-3,6H2,(H3,20,21). The summed E-state index contributed by atoms with van der Waals surface area (Å²) in [6.45, 7) is 0.682. The van der Waals surface area contributed by atoms with Crippen LogP contribution in [0.3, 0.4) is 0 Å². The van der Waals surface area contributed by atoms with Gasteiger partial charge in [0.2, 0.25) is 5.96 Å². The fourth-order valence-electron chi connectivity index (χ4n) is 2.78. The molecule has 0 aliphatic carbocycles. The van der Waals surface area contributed by atoms with E-state index in [1.165, 1.54) is 10.7 Å². The Morgan fingerprint density at radius 1 is 1.33 bits per heavy atom. The van der Waals surface area contributed by atoms with Crippen LogP contribution in [0, 0.1) is 5.41 Å². The Labute approximate surface area is 141 Å². The first-order chi connectivity index (χ1) is 11.3. The van der Waals surface area contributed by atoms with E-state index in [9.17, 15) is 13.2 Å². The summed E-state index contributed by atoms with van der Waals surface area (Å²) in [5.74, 6) is 0.235. The second-order valence-corrected chi connectivity index (χ2v) is 5.96. The van der Waals surface area contributed by atoms with Crippen LogP contribution in [0.2, 0.25) is 5.02 Å². The van der Waals surface area contributed by atoms with E-state index in [1.807, 2.05) is 0 Å². The fraction of sp³-hybridized carbons (Fsp3) is 0.333. The summed E-state index contributed by atoms with van der Waals surface area (Å²) in [6.07, 6.45) is -2.09. The quantitative estimate of drug-likeness (QED) is 0.537. The first-order valence-corrected chi connectivity index (χ1v) is 7.74. The smallest absolute Gasteiger partial charge is 0.370 e. The molecule has 0 spiro atoms. The number of fused-ring (bicyclic) bond motifs is 1. The number of nitrogens with zero attached hydrogens (tertiary/aromatic N) is 2. The van der Waals surface area contributed by atoms with E-state index in [0.717, 1.165) is 30.5 Å². The van der Waals surface area contributed by atoms with Crippen LogP contribution in [-0.4, -0.2) is 22.3 Å². The van der Waals surface area contributed by atoms with Gasteiger partial charge in [-0.25, -0.2) is 0 Å². The molecule has 128 valence electrons. The van der Waals surface area contributed by atoms with Crippen molar-refractivity contribution in [2.45, 2.75) is 25.4 Å². The molecular weight excluding hydrogens is 343 g/mol. The Kier molecular flexibility index (Phi) is 4.16. The second-order valence-electron chi connectivity index (χ2n) is 5.55. The van der Waals surface area contributed by atoms with Crippen LogP contribution in [0.5, 0.6) is 0 Å². The third-order valence-electron chi connectivity index (χ3n) is 3.91. The molecule has 0 atom stereocenters. The molecule has 0 saturated heterocycles. The van der Waals surface area contributed by atoms with Crippen molar-refractivity contribution in [2.24, 2.45) is 5.73 Å². The molecule has 1 aromatic heterocycles.